The Labute approximate surface area is 157 Å². The first-order valence-corrected chi connectivity index (χ1v) is 9.05. The van der Waals surface area contributed by atoms with Crippen LogP contribution < -0.4 is 10.2 Å². The summed E-state index contributed by atoms with van der Waals surface area (Å²) in [6.45, 7) is 1.85. The minimum absolute atomic E-state index is 0.169. The van der Waals surface area contributed by atoms with Crippen LogP contribution in [0, 0.1) is 5.82 Å². The fourth-order valence-corrected chi connectivity index (χ4v) is 3.40. The molecule has 1 amide bonds. The van der Waals surface area contributed by atoms with Crippen molar-refractivity contribution in [2.45, 2.75) is 25.4 Å². The Morgan fingerprint density at radius 3 is 2.73 bits per heavy atom. The predicted octanol–water partition coefficient (Wildman–Crippen LogP) is 4.28. The van der Waals surface area contributed by atoms with Gasteiger partial charge in [-0.3, -0.25) is 4.79 Å². The quantitative estimate of drug-likeness (QED) is 0.818. The Kier molecular flexibility index (Phi) is 6.12. The lowest BCUT2D eigenvalue weighted by Crippen LogP contribution is -2.22. The second-order valence-corrected chi connectivity index (χ2v) is 6.79. The van der Waals surface area contributed by atoms with Gasteiger partial charge in [0.2, 0.25) is 5.91 Å². The number of carbonyl (C=O) groups is 1. The molecule has 1 heterocycles. The monoisotopic (exact) mass is 376 g/mol. The summed E-state index contributed by atoms with van der Waals surface area (Å²) in [5.41, 5.74) is 2.21. The summed E-state index contributed by atoms with van der Waals surface area (Å²) in [5.74, 6) is -0.549. The molecule has 2 aromatic rings. The normalized spacial score (nSPS) is 16.7. The van der Waals surface area contributed by atoms with E-state index in [1.54, 1.807) is 19.2 Å². The molecule has 1 saturated heterocycles. The van der Waals surface area contributed by atoms with Gasteiger partial charge >= 0.3 is 0 Å². The number of benzene rings is 2. The molecule has 0 spiro atoms. The van der Waals surface area contributed by atoms with Gasteiger partial charge in [0, 0.05) is 48.6 Å². The number of ether oxygens (including phenoxy) is 1. The highest BCUT2D eigenvalue weighted by molar-refractivity contribution is 6.31. The van der Waals surface area contributed by atoms with E-state index in [0.29, 0.717) is 10.6 Å². The first-order chi connectivity index (χ1) is 12.6. The molecule has 0 saturated carbocycles. The average molecular weight is 377 g/mol. The number of carbonyl (C=O) groups excluding carboxylic acids is 1. The largest absolute Gasteiger partial charge is 0.380 e. The van der Waals surface area contributed by atoms with Gasteiger partial charge in [-0.05, 0) is 49.2 Å². The van der Waals surface area contributed by atoms with Gasteiger partial charge in [0.25, 0.3) is 0 Å². The molecule has 0 aromatic heterocycles. The van der Waals surface area contributed by atoms with Gasteiger partial charge in [-0.25, -0.2) is 4.39 Å². The number of anilines is 2. The molecule has 1 aliphatic heterocycles. The van der Waals surface area contributed by atoms with Gasteiger partial charge in [0.05, 0.1) is 6.10 Å². The molecule has 26 heavy (non-hydrogen) atoms. The van der Waals surface area contributed by atoms with Gasteiger partial charge in [-0.15, -0.1) is 0 Å². The van der Waals surface area contributed by atoms with E-state index in [9.17, 15) is 9.18 Å². The van der Waals surface area contributed by atoms with Crippen LogP contribution in [-0.2, 0) is 16.0 Å². The summed E-state index contributed by atoms with van der Waals surface area (Å²) in [4.78, 5) is 14.4. The number of methoxy groups -OCH3 is 1. The fraction of sp³-hybridized carbons (Fsp3) is 0.350. The number of nitrogens with one attached hydrogen (secondary N) is 1. The molecule has 0 bridgehead atoms. The van der Waals surface area contributed by atoms with Crippen LogP contribution in [-0.4, -0.2) is 32.2 Å². The van der Waals surface area contributed by atoms with E-state index in [4.69, 9.17) is 16.3 Å². The van der Waals surface area contributed by atoms with E-state index in [2.05, 4.69) is 10.2 Å². The number of nitrogens with zero attached hydrogens (tertiary/aromatic N) is 1. The Balaban J connectivity index is 1.53. The topological polar surface area (TPSA) is 41.6 Å². The molecule has 1 fully saturated rings. The molecule has 1 aliphatic rings. The zero-order valence-corrected chi connectivity index (χ0v) is 15.4. The Hall–Kier alpha value is -2.11. The summed E-state index contributed by atoms with van der Waals surface area (Å²) < 4.78 is 19.1. The lowest BCUT2D eigenvalue weighted by Gasteiger charge is -2.18. The van der Waals surface area contributed by atoms with Crippen LogP contribution in [0.4, 0.5) is 15.8 Å². The highest BCUT2D eigenvalue weighted by atomic mass is 35.5. The van der Waals surface area contributed by atoms with Gasteiger partial charge in [0.1, 0.15) is 5.82 Å². The lowest BCUT2D eigenvalue weighted by atomic mass is 10.1. The van der Waals surface area contributed by atoms with Crippen molar-refractivity contribution in [2.24, 2.45) is 0 Å². The highest BCUT2D eigenvalue weighted by Crippen LogP contribution is 2.24. The van der Waals surface area contributed by atoms with Crippen LogP contribution in [0.15, 0.2) is 42.5 Å². The van der Waals surface area contributed by atoms with Crippen molar-refractivity contribution in [2.75, 3.05) is 30.4 Å². The molecular formula is C20H22ClFN2O2. The van der Waals surface area contributed by atoms with Crippen molar-refractivity contribution in [1.29, 1.82) is 0 Å². The van der Waals surface area contributed by atoms with Crippen molar-refractivity contribution in [3.8, 4) is 0 Å². The Morgan fingerprint density at radius 2 is 2.08 bits per heavy atom. The van der Waals surface area contributed by atoms with E-state index < -0.39 is 0 Å². The summed E-state index contributed by atoms with van der Waals surface area (Å²) in [5, 5.41) is 3.19. The summed E-state index contributed by atoms with van der Waals surface area (Å²) in [7, 11) is 1.74. The molecule has 0 radical (unpaired) electrons. The maximum Gasteiger partial charge on any atom is 0.224 e. The smallest absolute Gasteiger partial charge is 0.224 e. The molecule has 3 rings (SSSR count). The molecule has 4 nitrogen and oxygen atoms in total. The van der Waals surface area contributed by atoms with Crippen LogP contribution >= 0.6 is 11.6 Å². The molecule has 138 valence electrons. The number of amides is 1. The molecule has 0 aliphatic carbocycles. The van der Waals surface area contributed by atoms with Crippen LogP contribution in [0.2, 0.25) is 5.02 Å². The maximum atomic E-state index is 13.7. The zero-order valence-electron chi connectivity index (χ0n) is 14.7. The molecule has 1 atom stereocenters. The first-order valence-electron chi connectivity index (χ1n) is 8.67. The van der Waals surface area contributed by atoms with Crippen molar-refractivity contribution in [3.05, 3.63) is 58.9 Å². The summed E-state index contributed by atoms with van der Waals surface area (Å²) in [6.07, 6.45) is 1.73. The molecule has 2 aromatic carbocycles. The molecule has 6 heteroatoms. The Morgan fingerprint density at radius 1 is 1.31 bits per heavy atom. The lowest BCUT2D eigenvalue weighted by molar-refractivity contribution is -0.116. The van der Waals surface area contributed by atoms with E-state index >= 15 is 0 Å². The zero-order chi connectivity index (χ0) is 18.5. The van der Waals surface area contributed by atoms with E-state index in [1.807, 2.05) is 24.3 Å². The molecule has 1 unspecified atom stereocenters. The van der Waals surface area contributed by atoms with Gasteiger partial charge in [0.15, 0.2) is 0 Å². The van der Waals surface area contributed by atoms with Gasteiger partial charge < -0.3 is 15.0 Å². The first kappa shape index (κ1) is 18.7. The summed E-state index contributed by atoms with van der Waals surface area (Å²) in [6, 6.07) is 12.3. The van der Waals surface area contributed by atoms with E-state index in [1.165, 1.54) is 6.07 Å². The molecular weight excluding hydrogens is 355 g/mol. The minimum Gasteiger partial charge on any atom is -0.380 e. The number of rotatable bonds is 6. The van der Waals surface area contributed by atoms with Crippen LogP contribution in [0.25, 0.3) is 0 Å². The fourth-order valence-electron chi connectivity index (χ4n) is 3.14. The van der Waals surface area contributed by atoms with Crippen LogP contribution in [0.5, 0.6) is 0 Å². The van der Waals surface area contributed by atoms with Gasteiger partial charge in [-0.1, -0.05) is 17.7 Å². The Bertz CT molecular complexity index is 747. The van der Waals surface area contributed by atoms with Crippen LogP contribution in [0.3, 0.4) is 0 Å². The summed E-state index contributed by atoms with van der Waals surface area (Å²) >= 11 is 5.99. The highest BCUT2D eigenvalue weighted by Gasteiger charge is 2.22. The molecule has 1 N–H and O–H groups in total. The number of hydrogen-bond acceptors (Lipinski definition) is 3. The standard InChI is InChI=1S/C20H22ClFN2O2/c1-26-16-11-12-24(13-16)15-7-5-14(6-8-15)23-20(25)10-9-17-18(21)3-2-4-19(17)22/h2-8,16H,9-13H2,1H3,(H,23,25). The van der Waals surface area contributed by atoms with E-state index in [-0.39, 0.29) is 30.7 Å². The second kappa shape index (κ2) is 8.52. The average Bonchev–Trinajstić information content (AvgIpc) is 3.11. The van der Waals surface area contributed by atoms with Crippen molar-refractivity contribution >= 4 is 28.9 Å². The van der Waals surface area contributed by atoms with Crippen molar-refractivity contribution < 1.29 is 13.9 Å². The van der Waals surface area contributed by atoms with Gasteiger partial charge in [-0.2, -0.15) is 0 Å². The number of halogens is 2. The third-order valence-electron chi connectivity index (χ3n) is 4.66. The SMILES string of the molecule is COC1CCN(c2ccc(NC(=O)CCc3c(F)cccc3Cl)cc2)C1. The third-order valence-corrected chi connectivity index (χ3v) is 5.01. The predicted molar refractivity (Wildman–Crippen MR) is 102 cm³/mol. The van der Waals surface area contributed by atoms with Crippen molar-refractivity contribution in [3.63, 3.8) is 0 Å². The maximum absolute atomic E-state index is 13.7. The third kappa shape index (κ3) is 4.54. The minimum atomic E-state index is -0.380. The second-order valence-electron chi connectivity index (χ2n) is 6.39. The number of hydrogen-bond donors (Lipinski definition) is 1. The van der Waals surface area contributed by atoms with E-state index in [0.717, 1.165) is 30.9 Å². The van der Waals surface area contributed by atoms with Crippen LogP contribution in [0.1, 0.15) is 18.4 Å². The van der Waals surface area contributed by atoms with Crippen molar-refractivity contribution in [1.82, 2.24) is 0 Å².